The Hall–Kier alpha value is -1.54. The number of ether oxygens (including phenoxy) is 1. The molecule has 4 N–H and O–H groups in total. The van der Waals surface area contributed by atoms with Crippen molar-refractivity contribution in [1.82, 2.24) is 0 Å². The number of hydrogen-bond donors (Lipinski definition) is 4. The second-order valence-electron chi connectivity index (χ2n) is 7.99. The number of allylic oxidation sites excluding steroid dienone is 3. The normalized spacial score (nSPS) is 24.0. The van der Waals surface area contributed by atoms with Crippen LogP contribution in [-0.4, -0.2) is 63.7 Å². The van der Waals surface area contributed by atoms with Gasteiger partial charge in [0, 0.05) is 24.7 Å². The van der Waals surface area contributed by atoms with Gasteiger partial charge in [-0.25, -0.2) is 0 Å². The summed E-state index contributed by atoms with van der Waals surface area (Å²) < 4.78 is 4.83. The number of unbranched alkanes of at least 4 members (excludes halogenated alkanes) is 3. The number of carbonyl (C=O) groups excluding carboxylic acids is 2. The predicted molar refractivity (Wildman–Crippen MR) is 114 cm³/mol. The highest BCUT2D eigenvalue weighted by molar-refractivity contribution is 5.86. The van der Waals surface area contributed by atoms with Crippen LogP contribution in [-0.2, 0) is 14.3 Å². The quantitative estimate of drug-likeness (QED) is 0.179. The first-order valence-corrected chi connectivity index (χ1v) is 11.1. The second kappa shape index (κ2) is 15.3. The van der Waals surface area contributed by atoms with Crippen LogP contribution in [0.4, 0.5) is 0 Å². The highest BCUT2D eigenvalue weighted by Gasteiger charge is 2.39. The molecular weight excluding hydrogens is 388 g/mol. The van der Waals surface area contributed by atoms with E-state index in [4.69, 9.17) is 14.9 Å². The number of aliphatic hydroxyl groups is 4. The maximum Gasteiger partial charge on any atom is 0.305 e. The fourth-order valence-electron chi connectivity index (χ4n) is 3.52. The van der Waals surface area contributed by atoms with Gasteiger partial charge < -0.3 is 25.2 Å². The van der Waals surface area contributed by atoms with Crippen LogP contribution < -0.4 is 0 Å². The van der Waals surface area contributed by atoms with Gasteiger partial charge in [0.1, 0.15) is 18.5 Å². The van der Waals surface area contributed by atoms with E-state index < -0.39 is 30.9 Å². The Bertz CT molecular complexity index is 558. The molecule has 0 radical (unpaired) electrons. The zero-order chi connectivity index (χ0) is 22.4. The molecule has 5 atom stereocenters. The van der Waals surface area contributed by atoms with Crippen molar-refractivity contribution in [3.05, 3.63) is 24.3 Å². The number of Topliss-reactive ketones (excluding diaryl/α,β-unsaturated/α-hetero) is 1. The maximum atomic E-state index is 12.2. The SMILES string of the molecule is CCCCC[C@H](O)/C=C/[C@H]1C(=O)C[C@H](O)[C@@H]1C/C=C\CCCC(=O)OCC(O)CO. The van der Waals surface area contributed by atoms with Crippen molar-refractivity contribution in [2.75, 3.05) is 13.2 Å². The molecule has 1 fully saturated rings. The highest BCUT2D eigenvalue weighted by Crippen LogP contribution is 2.33. The summed E-state index contributed by atoms with van der Waals surface area (Å²) in [7, 11) is 0. The molecule has 0 bridgehead atoms. The molecule has 172 valence electrons. The van der Waals surface area contributed by atoms with Gasteiger partial charge in [-0.2, -0.15) is 0 Å². The molecule has 0 spiro atoms. The second-order valence-corrected chi connectivity index (χ2v) is 7.99. The van der Waals surface area contributed by atoms with E-state index in [9.17, 15) is 19.8 Å². The van der Waals surface area contributed by atoms with Crippen LogP contribution in [0.15, 0.2) is 24.3 Å². The Balaban J connectivity index is 2.37. The number of esters is 1. The van der Waals surface area contributed by atoms with Crippen LogP contribution in [0.25, 0.3) is 0 Å². The van der Waals surface area contributed by atoms with Crippen LogP contribution in [0.3, 0.4) is 0 Å². The van der Waals surface area contributed by atoms with Crippen molar-refractivity contribution < 1.29 is 34.8 Å². The van der Waals surface area contributed by atoms with Gasteiger partial charge in [0.25, 0.3) is 0 Å². The van der Waals surface area contributed by atoms with Crippen molar-refractivity contribution in [2.45, 2.75) is 83.0 Å². The van der Waals surface area contributed by atoms with E-state index in [1.54, 1.807) is 12.2 Å². The average molecular weight is 427 g/mol. The summed E-state index contributed by atoms with van der Waals surface area (Å²) in [6.45, 7) is 1.45. The monoisotopic (exact) mass is 426 g/mol. The van der Waals surface area contributed by atoms with Gasteiger partial charge in [-0.15, -0.1) is 0 Å². The third kappa shape index (κ3) is 10.5. The van der Waals surface area contributed by atoms with E-state index in [0.717, 1.165) is 19.3 Å². The zero-order valence-corrected chi connectivity index (χ0v) is 18.0. The molecule has 7 heteroatoms. The molecule has 0 heterocycles. The topological polar surface area (TPSA) is 124 Å². The molecule has 30 heavy (non-hydrogen) atoms. The molecule has 0 aromatic carbocycles. The largest absolute Gasteiger partial charge is 0.463 e. The molecule has 0 amide bonds. The van der Waals surface area contributed by atoms with Crippen molar-refractivity contribution in [3.8, 4) is 0 Å². The summed E-state index contributed by atoms with van der Waals surface area (Å²) in [5.74, 6) is -0.989. The number of carbonyl (C=O) groups is 2. The van der Waals surface area contributed by atoms with Gasteiger partial charge in [0.15, 0.2) is 0 Å². The van der Waals surface area contributed by atoms with E-state index in [-0.39, 0.29) is 37.1 Å². The first-order valence-electron chi connectivity index (χ1n) is 11.1. The summed E-state index contributed by atoms with van der Waals surface area (Å²) in [4.78, 5) is 23.7. The Kier molecular flexibility index (Phi) is 13.5. The lowest BCUT2D eigenvalue weighted by Crippen LogP contribution is -2.21. The molecule has 1 saturated carbocycles. The molecule has 1 aliphatic rings. The molecule has 0 aliphatic heterocycles. The van der Waals surface area contributed by atoms with Gasteiger partial charge in [-0.3, -0.25) is 9.59 Å². The summed E-state index contributed by atoms with van der Waals surface area (Å²) in [6.07, 6.45) is 11.0. The molecule has 0 aromatic heterocycles. The predicted octanol–water partition coefficient (Wildman–Crippen LogP) is 2.06. The van der Waals surface area contributed by atoms with Crippen LogP contribution in [0, 0.1) is 11.8 Å². The summed E-state index contributed by atoms with van der Waals surface area (Å²) >= 11 is 0. The standard InChI is InChI=1S/C23H38O7/c1-2-3-6-9-17(25)12-13-20-19(21(27)14-22(20)28)10-7-4-5-8-11-23(29)30-16-18(26)15-24/h4,7,12-13,17-21,24-27H,2-3,5-6,8-11,14-16H2,1H3/b7-4-,13-12+/t17-,18?,19+,20+,21-/m0/s1. The fourth-order valence-corrected chi connectivity index (χ4v) is 3.52. The Labute approximate surface area is 179 Å². The first kappa shape index (κ1) is 26.5. The van der Waals surface area contributed by atoms with Crippen molar-refractivity contribution >= 4 is 11.8 Å². The van der Waals surface area contributed by atoms with Gasteiger partial charge in [-0.05, 0) is 25.7 Å². The molecule has 1 rings (SSSR count). The number of hydrogen-bond acceptors (Lipinski definition) is 7. The molecule has 1 aliphatic carbocycles. The number of ketones is 1. The summed E-state index contributed by atoms with van der Waals surface area (Å²) in [6, 6.07) is 0. The van der Waals surface area contributed by atoms with E-state index >= 15 is 0 Å². The smallest absolute Gasteiger partial charge is 0.305 e. The number of rotatable bonds is 15. The average Bonchev–Trinajstić information content (AvgIpc) is 2.99. The first-order chi connectivity index (χ1) is 14.4. The van der Waals surface area contributed by atoms with Crippen molar-refractivity contribution in [3.63, 3.8) is 0 Å². The molecule has 1 unspecified atom stereocenters. The third-order valence-corrected chi connectivity index (χ3v) is 5.36. The van der Waals surface area contributed by atoms with Crippen LogP contribution >= 0.6 is 0 Å². The molecule has 7 nitrogen and oxygen atoms in total. The molecule has 0 saturated heterocycles. The highest BCUT2D eigenvalue weighted by atomic mass is 16.5. The molecular formula is C23H38O7. The lowest BCUT2D eigenvalue weighted by molar-refractivity contribution is -0.147. The van der Waals surface area contributed by atoms with E-state index in [0.29, 0.717) is 25.7 Å². The van der Waals surface area contributed by atoms with Crippen molar-refractivity contribution in [1.29, 1.82) is 0 Å². The van der Waals surface area contributed by atoms with Gasteiger partial charge >= 0.3 is 5.97 Å². The van der Waals surface area contributed by atoms with Crippen molar-refractivity contribution in [2.24, 2.45) is 11.8 Å². The number of aliphatic hydroxyl groups excluding tert-OH is 4. The Morgan fingerprint density at radius 2 is 2.00 bits per heavy atom. The minimum atomic E-state index is -1.05. The molecule has 0 aromatic rings. The van der Waals surface area contributed by atoms with Gasteiger partial charge in [0.2, 0.25) is 0 Å². The van der Waals surface area contributed by atoms with Gasteiger partial charge in [0.05, 0.1) is 18.8 Å². The van der Waals surface area contributed by atoms with E-state index in [1.807, 2.05) is 12.2 Å². The van der Waals surface area contributed by atoms with Gasteiger partial charge in [-0.1, -0.05) is 50.5 Å². The maximum absolute atomic E-state index is 12.2. The Morgan fingerprint density at radius 1 is 1.23 bits per heavy atom. The fraction of sp³-hybridized carbons (Fsp3) is 0.739. The third-order valence-electron chi connectivity index (χ3n) is 5.36. The lowest BCUT2D eigenvalue weighted by atomic mass is 9.90. The van der Waals surface area contributed by atoms with Crippen LogP contribution in [0.2, 0.25) is 0 Å². The summed E-state index contributed by atoms with van der Waals surface area (Å²) in [5, 5.41) is 38.0. The summed E-state index contributed by atoms with van der Waals surface area (Å²) in [5.41, 5.74) is 0. The lowest BCUT2D eigenvalue weighted by Gasteiger charge is -2.17. The van der Waals surface area contributed by atoms with E-state index in [1.165, 1.54) is 0 Å². The zero-order valence-electron chi connectivity index (χ0n) is 18.0. The Morgan fingerprint density at radius 3 is 2.70 bits per heavy atom. The minimum absolute atomic E-state index is 0.00530. The van der Waals surface area contributed by atoms with Crippen LogP contribution in [0.1, 0.15) is 64.7 Å². The van der Waals surface area contributed by atoms with E-state index in [2.05, 4.69) is 6.92 Å². The van der Waals surface area contributed by atoms with Crippen LogP contribution in [0.5, 0.6) is 0 Å². The minimum Gasteiger partial charge on any atom is -0.463 e.